The summed E-state index contributed by atoms with van der Waals surface area (Å²) in [4.78, 5) is 12.5. The van der Waals surface area contributed by atoms with Gasteiger partial charge in [-0.05, 0) is 34.8 Å². The highest BCUT2D eigenvalue weighted by Crippen LogP contribution is 2.19. The summed E-state index contributed by atoms with van der Waals surface area (Å²) in [6.07, 6.45) is 2.43. The average molecular weight is 289 g/mol. The fourth-order valence-electron chi connectivity index (χ4n) is 1.22. The minimum absolute atomic E-state index is 0.0754. The summed E-state index contributed by atoms with van der Waals surface area (Å²) < 4.78 is 1.08. The Kier molecular flexibility index (Phi) is 3.77. The maximum atomic E-state index is 11.4. The summed E-state index contributed by atoms with van der Waals surface area (Å²) in [5, 5.41) is 8.08. The van der Waals surface area contributed by atoms with Crippen molar-refractivity contribution in [1.29, 1.82) is 0 Å². The van der Waals surface area contributed by atoms with Crippen molar-refractivity contribution >= 4 is 33.2 Å². The number of nitrogens with one attached hydrogen (secondary N) is 2. The molecule has 1 aromatic rings. The normalized spacial score (nSPS) is 15.3. The standard InChI is InChI=1S/C10H13BrN2OS/c11-7-3-9(15-6-7)4-13-10(14)5-12-8-1-2-8/h3,6,8,12H,1-2,4-5H2,(H,13,14). The van der Waals surface area contributed by atoms with E-state index in [9.17, 15) is 4.79 Å². The van der Waals surface area contributed by atoms with Gasteiger partial charge in [0.05, 0.1) is 13.1 Å². The zero-order chi connectivity index (χ0) is 10.7. The number of amides is 1. The molecule has 5 heteroatoms. The lowest BCUT2D eigenvalue weighted by Crippen LogP contribution is -2.34. The molecular formula is C10H13BrN2OS. The van der Waals surface area contributed by atoms with Crippen LogP contribution in [0, 0.1) is 0 Å². The van der Waals surface area contributed by atoms with Crippen molar-refractivity contribution in [2.24, 2.45) is 0 Å². The van der Waals surface area contributed by atoms with Gasteiger partial charge in [0.25, 0.3) is 0 Å². The first-order chi connectivity index (χ1) is 7.24. The Bertz CT molecular complexity index is 349. The summed E-state index contributed by atoms with van der Waals surface area (Å²) in [7, 11) is 0. The highest BCUT2D eigenvalue weighted by molar-refractivity contribution is 9.10. The number of carbonyl (C=O) groups is 1. The monoisotopic (exact) mass is 288 g/mol. The molecule has 0 radical (unpaired) electrons. The maximum Gasteiger partial charge on any atom is 0.234 e. The summed E-state index contributed by atoms with van der Waals surface area (Å²) in [6.45, 7) is 1.07. The van der Waals surface area contributed by atoms with Gasteiger partial charge in [-0.2, -0.15) is 0 Å². The molecule has 2 rings (SSSR count). The Hall–Kier alpha value is -0.390. The third-order valence-corrected chi connectivity index (χ3v) is 3.91. The van der Waals surface area contributed by atoms with Gasteiger partial charge in [-0.3, -0.25) is 4.79 Å². The Balaban J connectivity index is 1.65. The van der Waals surface area contributed by atoms with Gasteiger partial charge in [-0.15, -0.1) is 11.3 Å². The Morgan fingerprint density at radius 3 is 3.00 bits per heavy atom. The number of halogens is 1. The van der Waals surface area contributed by atoms with Crippen LogP contribution in [0.4, 0.5) is 0 Å². The van der Waals surface area contributed by atoms with Gasteiger partial charge in [0.2, 0.25) is 5.91 Å². The van der Waals surface area contributed by atoms with Crippen molar-refractivity contribution in [3.05, 3.63) is 20.8 Å². The van der Waals surface area contributed by atoms with Crippen LogP contribution in [0.5, 0.6) is 0 Å². The number of rotatable bonds is 5. The molecule has 1 aromatic heterocycles. The second-order valence-electron chi connectivity index (χ2n) is 3.66. The molecule has 0 aliphatic heterocycles. The lowest BCUT2D eigenvalue weighted by Gasteiger charge is -2.04. The highest BCUT2D eigenvalue weighted by atomic mass is 79.9. The van der Waals surface area contributed by atoms with Crippen molar-refractivity contribution in [2.75, 3.05) is 6.54 Å². The van der Waals surface area contributed by atoms with E-state index in [-0.39, 0.29) is 5.91 Å². The molecule has 0 spiro atoms. The van der Waals surface area contributed by atoms with Crippen LogP contribution >= 0.6 is 27.3 Å². The number of thiophene rings is 1. The third-order valence-electron chi connectivity index (χ3n) is 2.21. The lowest BCUT2D eigenvalue weighted by molar-refractivity contribution is -0.120. The molecule has 2 N–H and O–H groups in total. The van der Waals surface area contributed by atoms with Gasteiger partial charge in [0.15, 0.2) is 0 Å². The van der Waals surface area contributed by atoms with Gasteiger partial charge >= 0.3 is 0 Å². The topological polar surface area (TPSA) is 41.1 Å². The number of carbonyl (C=O) groups excluding carboxylic acids is 1. The van der Waals surface area contributed by atoms with E-state index in [0.29, 0.717) is 19.1 Å². The van der Waals surface area contributed by atoms with Crippen LogP contribution in [0.3, 0.4) is 0 Å². The molecule has 82 valence electrons. The summed E-state index contributed by atoms with van der Waals surface area (Å²) in [6, 6.07) is 2.62. The maximum absolute atomic E-state index is 11.4. The summed E-state index contributed by atoms with van der Waals surface area (Å²) in [5.74, 6) is 0.0754. The molecule has 1 aliphatic rings. The van der Waals surface area contributed by atoms with E-state index in [2.05, 4.69) is 26.6 Å². The van der Waals surface area contributed by atoms with Gasteiger partial charge in [0, 0.05) is 20.8 Å². The van der Waals surface area contributed by atoms with Crippen LogP contribution in [-0.2, 0) is 11.3 Å². The molecule has 1 fully saturated rings. The van der Waals surface area contributed by atoms with E-state index in [4.69, 9.17) is 0 Å². The zero-order valence-corrected chi connectivity index (χ0v) is 10.7. The molecule has 15 heavy (non-hydrogen) atoms. The highest BCUT2D eigenvalue weighted by Gasteiger charge is 2.20. The first-order valence-electron chi connectivity index (χ1n) is 4.97. The Labute approximate surface area is 101 Å². The summed E-state index contributed by atoms with van der Waals surface area (Å²) in [5.41, 5.74) is 0. The van der Waals surface area contributed by atoms with Gasteiger partial charge in [0.1, 0.15) is 0 Å². The predicted molar refractivity (Wildman–Crippen MR) is 64.9 cm³/mol. The van der Waals surface area contributed by atoms with E-state index < -0.39 is 0 Å². The van der Waals surface area contributed by atoms with Crippen LogP contribution in [0.25, 0.3) is 0 Å². The fraction of sp³-hybridized carbons (Fsp3) is 0.500. The lowest BCUT2D eigenvalue weighted by atomic mass is 10.4. The first-order valence-corrected chi connectivity index (χ1v) is 6.64. The second kappa shape index (κ2) is 5.09. The zero-order valence-electron chi connectivity index (χ0n) is 8.25. The molecule has 1 heterocycles. The van der Waals surface area contributed by atoms with E-state index in [0.717, 1.165) is 4.47 Å². The second-order valence-corrected chi connectivity index (χ2v) is 5.57. The molecule has 0 atom stereocenters. The number of hydrogen-bond donors (Lipinski definition) is 2. The fourth-order valence-corrected chi connectivity index (χ4v) is 2.61. The molecular weight excluding hydrogens is 276 g/mol. The molecule has 0 unspecified atom stereocenters. The van der Waals surface area contributed by atoms with Crippen LogP contribution in [0.2, 0.25) is 0 Å². The van der Waals surface area contributed by atoms with Crippen LogP contribution in [0.15, 0.2) is 15.9 Å². The molecule has 1 saturated carbocycles. The minimum Gasteiger partial charge on any atom is -0.350 e. The van der Waals surface area contributed by atoms with E-state index >= 15 is 0 Å². The summed E-state index contributed by atoms with van der Waals surface area (Å²) >= 11 is 5.03. The van der Waals surface area contributed by atoms with Gasteiger partial charge < -0.3 is 10.6 Å². The quantitative estimate of drug-likeness (QED) is 0.869. The smallest absolute Gasteiger partial charge is 0.234 e. The van der Waals surface area contributed by atoms with E-state index in [1.54, 1.807) is 11.3 Å². The predicted octanol–water partition coefficient (Wildman–Crippen LogP) is 1.88. The molecule has 1 amide bonds. The van der Waals surface area contributed by atoms with E-state index in [1.807, 2.05) is 11.4 Å². The minimum atomic E-state index is 0.0754. The molecule has 0 saturated heterocycles. The van der Waals surface area contributed by atoms with Crippen LogP contribution in [-0.4, -0.2) is 18.5 Å². The average Bonchev–Trinajstić information content (AvgIpc) is 2.95. The van der Waals surface area contributed by atoms with Crippen molar-refractivity contribution in [3.8, 4) is 0 Å². The molecule has 0 aromatic carbocycles. The first kappa shape index (κ1) is 11.1. The Morgan fingerprint density at radius 2 is 2.40 bits per heavy atom. The molecule has 0 bridgehead atoms. The van der Waals surface area contributed by atoms with Crippen molar-refractivity contribution in [2.45, 2.75) is 25.4 Å². The largest absolute Gasteiger partial charge is 0.350 e. The molecule has 1 aliphatic carbocycles. The van der Waals surface area contributed by atoms with Crippen molar-refractivity contribution in [3.63, 3.8) is 0 Å². The third kappa shape index (κ3) is 3.93. The number of hydrogen-bond acceptors (Lipinski definition) is 3. The SMILES string of the molecule is O=C(CNC1CC1)NCc1cc(Br)cs1. The van der Waals surface area contributed by atoms with Gasteiger partial charge in [-0.1, -0.05) is 0 Å². The van der Waals surface area contributed by atoms with Crippen LogP contribution < -0.4 is 10.6 Å². The van der Waals surface area contributed by atoms with Crippen LogP contribution in [0.1, 0.15) is 17.7 Å². The van der Waals surface area contributed by atoms with Crippen molar-refractivity contribution < 1.29 is 4.79 Å². The van der Waals surface area contributed by atoms with Gasteiger partial charge in [-0.25, -0.2) is 0 Å². The molecule has 3 nitrogen and oxygen atoms in total. The Morgan fingerprint density at radius 1 is 1.60 bits per heavy atom. The van der Waals surface area contributed by atoms with E-state index in [1.165, 1.54) is 17.7 Å². The van der Waals surface area contributed by atoms with Crippen molar-refractivity contribution in [1.82, 2.24) is 10.6 Å².